The van der Waals surface area contributed by atoms with Gasteiger partial charge in [0.25, 0.3) is 5.91 Å². The Morgan fingerprint density at radius 2 is 1.50 bits per heavy atom. The van der Waals surface area contributed by atoms with Crippen LogP contribution in [0.4, 0.5) is 5.69 Å². The highest BCUT2D eigenvalue weighted by molar-refractivity contribution is 5.97. The summed E-state index contributed by atoms with van der Waals surface area (Å²) < 4.78 is 10.4. The van der Waals surface area contributed by atoms with Crippen LogP contribution in [0.3, 0.4) is 0 Å². The van der Waals surface area contributed by atoms with Gasteiger partial charge in [-0.05, 0) is 61.0 Å². The molecule has 0 aliphatic rings. The fourth-order valence-corrected chi connectivity index (χ4v) is 3.46. The Morgan fingerprint density at radius 3 is 2.12 bits per heavy atom. The van der Waals surface area contributed by atoms with Gasteiger partial charge in [-0.25, -0.2) is 0 Å². The summed E-state index contributed by atoms with van der Waals surface area (Å²) in [5, 5.41) is 9.07. The number of hydrogen-bond donors (Lipinski definition) is 3. The molecule has 0 spiro atoms. The summed E-state index contributed by atoms with van der Waals surface area (Å²) in [6, 6.07) is 21.6. The zero-order valence-corrected chi connectivity index (χ0v) is 19.8. The molecule has 3 aromatic rings. The number of anilines is 1. The van der Waals surface area contributed by atoms with E-state index in [0.717, 1.165) is 28.3 Å². The minimum atomic E-state index is -0.720. The van der Waals surface area contributed by atoms with Crippen molar-refractivity contribution in [2.24, 2.45) is 0 Å². The van der Waals surface area contributed by atoms with Crippen LogP contribution in [0, 0.1) is 6.92 Å². The molecule has 0 heterocycles. The Morgan fingerprint density at radius 1 is 0.853 bits per heavy atom. The predicted molar refractivity (Wildman–Crippen MR) is 134 cm³/mol. The lowest BCUT2D eigenvalue weighted by Crippen LogP contribution is -2.48. The first-order valence-corrected chi connectivity index (χ1v) is 11.1. The third-order valence-electron chi connectivity index (χ3n) is 5.34. The summed E-state index contributed by atoms with van der Waals surface area (Å²) in [6.07, 6.45) is 0.360. The van der Waals surface area contributed by atoms with Gasteiger partial charge in [0.1, 0.15) is 17.5 Å². The monoisotopic (exact) mass is 461 g/mol. The summed E-state index contributed by atoms with van der Waals surface area (Å²) in [6.45, 7) is 2.87. The van der Waals surface area contributed by atoms with E-state index < -0.39 is 6.04 Å². The molecule has 0 aliphatic carbocycles. The van der Waals surface area contributed by atoms with Crippen molar-refractivity contribution < 1.29 is 19.1 Å². The molecule has 7 heteroatoms. The number of nitrogens with one attached hydrogen (secondary N) is 3. The van der Waals surface area contributed by atoms with Gasteiger partial charge in [-0.1, -0.05) is 29.8 Å². The van der Waals surface area contributed by atoms with Crippen LogP contribution in [0.5, 0.6) is 11.5 Å². The summed E-state index contributed by atoms with van der Waals surface area (Å²) in [7, 11) is 3.23. The van der Waals surface area contributed by atoms with E-state index in [1.165, 1.54) is 0 Å². The first kappa shape index (κ1) is 24.6. The Bertz CT molecular complexity index is 1080. The lowest BCUT2D eigenvalue weighted by Gasteiger charge is -2.19. The maximum atomic E-state index is 13.0. The second-order valence-electron chi connectivity index (χ2n) is 7.89. The first-order valence-electron chi connectivity index (χ1n) is 11.1. The van der Waals surface area contributed by atoms with Crippen LogP contribution in [-0.2, 0) is 11.2 Å². The molecule has 7 nitrogen and oxygen atoms in total. The van der Waals surface area contributed by atoms with Crippen molar-refractivity contribution >= 4 is 17.5 Å². The Balaban J connectivity index is 1.61. The van der Waals surface area contributed by atoms with Gasteiger partial charge in [0.05, 0.1) is 14.2 Å². The van der Waals surface area contributed by atoms with E-state index in [0.29, 0.717) is 25.1 Å². The Kier molecular flexibility index (Phi) is 8.91. The first-order chi connectivity index (χ1) is 16.5. The van der Waals surface area contributed by atoms with Crippen LogP contribution in [0.15, 0.2) is 72.8 Å². The smallest absolute Gasteiger partial charge is 0.251 e. The van der Waals surface area contributed by atoms with E-state index in [1.54, 1.807) is 26.4 Å². The average Bonchev–Trinajstić information content (AvgIpc) is 2.86. The Hall–Kier alpha value is -4.00. The van der Waals surface area contributed by atoms with E-state index in [2.05, 4.69) is 16.0 Å². The molecule has 0 aromatic heterocycles. The van der Waals surface area contributed by atoms with Crippen LogP contribution < -0.4 is 25.4 Å². The molecule has 0 bridgehead atoms. The second kappa shape index (κ2) is 12.3. The molecule has 0 fully saturated rings. The summed E-state index contributed by atoms with van der Waals surface area (Å²) in [4.78, 5) is 25.8. The molecule has 0 saturated heterocycles. The van der Waals surface area contributed by atoms with Crippen molar-refractivity contribution in [3.8, 4) is 11.5 Å². The lowest BCUT2D eigenvalue weighted by molar-refractivity contribution is -0.122. The number of carbonyl (C=O) groups excluding carboxylic acids is 2. The van der Waals surface area contributed by atoms with Gasteiger partial charge < -0.3 is 25.4 Å². The summed E-state index contributed by atoms with van der Waals surface area (Å²) in [5.74, 6) is 0.991. The molecule has 3 aromatic carbocycles. The van der Waals surface area contributed by atoms with E-state index in [1.807, 2.05) is 67.6 Å². The maximum Gasteiger partial charge on any atom is 0.251 e. The molecule has 3 N–H and O–H groups in total. The number of benzene rings is 3. The molecule has 34 heavy (non-hydrogen) atoms. The Labute approximate surface area is 200 Å². The fourth-order valence-electron chi connectivity index (χ4n) is 3.46. The van der Waals surface area contributed by atoms with Gasteiger partial charge in [-0.15, -0.1) is 0 Å². The highest BCUT2D eigenvalue weighted by atomic mass is 16.5. The molecule has 0 radical (unpaired) electrons. The predicted octanol–water partition coefficient (Wildman–Crippen LogP) is 3.58. The number of rotatable bonds is 11. The van der Waals surface area contributed by atoms with Crippen LogP contribution in [0.1, 0.15) is 21.5 Å². The number of ether oxygens (including phenoxy) is 2. The molecule has 0 saturated carbocycles. The van der Waals surface area contributed by atoms with Gasteiger partial charge in [0.15, 0.2) is 0 Å². The van der Waals surface area contributed by atoms with Gasteiger partial charge in [-0.2, -0.15) is 0 Å². The third-order valence-corrected chi connectivity index (χ3v) is 5.34. The van der Waals surface area contributed by atoms with Gasteiger partial charge in [0.2, 0.25) is 5.91 Å². The van der Waals surface area contributed by atoms with Crippen LogP contribution in [0.25, 0.3) is 0 Å². The van der Waals surface area contributed by atoms with Gasteiger partial charge in [-0.3, -0.25) is 9.59 Å². The van der Waals surface area contributed by atoms with Crippen molar-refractivity contribution in [3.63, 3.8) is 0 Å². The SMILES string of the molecule is COc1ccc(CC(NC(=O)c2cccc(C)c2)C(=O)NCCNc2ccc(OC)cc2)cc1. The maximum absolute atomic E-state index is 13.0. The van der Waals surface area contributed by atoms with Crippen LogP contribution in [-0.4, -0.2) is 45.2 Å². The summed E-state index contributed by atoms with van der Waals surface area (Å²) in [5.41, 5.74) is 3.35. The van der Waals surface area contributed by atoms with Crippen molar-refractivity contribution in [3.05, 3.63) is 89.5 Å². The quantitative estimate of drug-likeness (QED) is 0.380. The van der Waals surface area contributed by atoms with Crippen molar-refractivity contribution in [1.29, 1.82) is 0 Å². The third kappa shape index (κ3) is 7.27. The van der Waals surface area contributed by atoms with Gasteiger partial charge in [0, 0.05) is 30.8 Å². The van der Waals surface area contributed by atoms with E-state index in [-0.39, 0.29) is 11.8 Å². The lowest BCUT2D eigenvalue weighted by atomic mass is 10.0. The topological polar surface area (TPSA) is 88.7 Å². The molecule has 1 atom stereocenters. The molecule has 0 aliphatic heterocycles. The van der Waals surface area contributed by atoms with Crippen LogP contribution >= 0.6 is 0 Å². The number of methoxy groups -OCH3 is 2. The number of hydrogen-bond acceptors (Lipinski definition) is 5. The molecule has 178 valence electrons. The summed E-state index contributed by atoms with van der Waals surface area (Å²) >= 11 is 0. The van der Waals surface area contributed by atoms with Crippen LogP contribution in [0.2, 0.25) is 0 Å². The second-order valence-corrected chi connectivity index (χ2v) is 7.89. The number of aryl methyl sites for hydroxylation is 1. The minimum absolute atomic E-state index is 0.242. The highest BCUT2D eigenvalue weighted by Crippen LogP contribution is 2.15. The van der Waals surface area contributed by atoms with Crippen molar-refractivity contribution in [1.82, 2.24) is 10.6 Å². The van der Waals surface area contributed by atoms with Gasteiger partial charge >= 0.3 is 0 Å². The highest BCUT2D eigenvalue weighted by Gasteiger charge is 2.22. The fraction of sp³-hybridized carbons (Fsp3) is 0.259. The minimum Gasteiger partial charge on any atom is -0.497 e. The van der Waals surface area contributed by atoms with E-state index in [4.69, 9.17) is 9.47 Å². The zero-order chi connectivity index (χ0) is 24.3. The molecular weight excluding hydrogens is 430 g/mol. The zero-order valence-electron chi connectivity index (χ0n) is 19.8. The standard InChI is InChI=1S/C27H31N3O4/c1-19-5-4-6-21(17-19)26(31)30-25(18-20-7-11-23(33-2)12-8-20)27(32)29-16-15-28-22-9-13-24(34-3)14-10-22/h4-14,17,25,28H,15-16,18H2,1-3H3,(H,29,32)(H,30,31). The molecule has 2 amide bonds. The number of amides is 2. The van der Waals surface area contributed by atoms with Crippen molar-refractivity contribution in [2.45, 2.75) is 19.4 Å². The van der Waals surface area contributed by atoms with Crippen molar-refractivity contribution in [2.75, 3.05) is 32.6 Å². The van der Waals surface area contributed by atoms with E-state index >= 15 is 0 Å². The average molecular weight is 462 g/mol. The number of carbonyl (C=O) groups is 2. The molecule has 1 unspecified atom stereocenters. The van der Waals surface area contributed by atoms with E-state index in [9.17, 15) is 9.59 Å². The molecular formula is C27H31N3O4. The largest absolute Gasteiger partial charge is 0.497 e. The normalized spacial score (nSPS) is 11.3. The molecule has 3 rings (SSSR count).